The van der Waals surface area contributed by atoms with Gasteiger partial charge in [-0.15, -0.1) is 21.5 Å². The summed E-state index contributed by atoms with van der Waals surface area (Å²) in [5.41, 5.74) is 0.767. The predicted octanol–water partition coefficient (Wildman–Crippen LogP) is 1.54. The lowest BCUT2D eigenvalue weighted by Crippen LogP contribution is -2.30. The number of ketones is 1. The Morgan fingerprint density at radius 2 is 2.03 bits per heavy atom. The van der Waals surface area contributed by atoms with Crippen molar-refractivity contribution in [2.75, 3.05) is 0 Å². The zero-order valence-electron chi connectivity index (χ0n) is 14.7. The van der Waals surface area contributed by atoms with Crippen LogP contribution in [0.15, 0.2) is 34.9 Å². The van der Waals surface area contributed by atoms with Gasteiger partial charge < -0.3 is 4.42 Å². The van der Waals surface area contributed by atoms with Crippen molar-refractivity contribution in [3.8, 4) is 11.1 Å². The highest BCUT2D eigenvalue weighted by Gasteiger charge is 2.22. The number of benzene rings is 1. The van der Waals surface area contributed by atoms with Crippen LogP contribution in [0.3, 0.4) is 0 Å². The van der Waals surface area contributed by atoms with Gasteiger partial charge in [-0.25, -0.2) is 19.5 Å². The molecule has 4 rings (SSSR count). The van der Waals surface area contributed by atoms with Crippen LogP contribution in [0.25, 0.3) is 21.3 Å². The first-order chi connectivity index (χ1) is 14.2. The Balaban J connectivity index is 1.63. The van der Waals surface area contributed by atoms with E-state index in [0.29, 0.717) is 10.3 Å². The molecule has 0 amide bonds. The Bertz CT molecular complexity index is 1370. The fourth-order valence-electron chi connectivity index (χ4n) is 2.47. The van der Waals surface area contributed by atoms with Crippen molar-refractivity contribution in [2.45, 2.75) is 6.54 Å². The molecule has 10 nitrogen and oxygen atoms in total. The number of fused-ring (bicyclic) bond motifs is 1. The van der Waals surface area contributed by atoms with E-state index in [2.05, 4.69) is 20.2 Å². The van der Waals surface area contributed by atoms with E-state index in [-0.39, 0.29) is 28.5 Å². The SMILES string of the molecule is NS(=O)(=O)NCc1nnc(C(=O)c2nc3cc(F)c(-c4ccc(F)nc4)cc3s2)o1. The molecule has 14 heteroatoms. The monoisotopic (exact) mass is 452 g/mol. The minimum absolute atomic E-state index is 0.0339. The van der Waals surface area contributed by atoms with Crippen molar-refractivity contribution >= 4 is 37.5 Å². The summed E-state index contributed by atoms with van der Waals surface area (Å²) < 4.78 is 56.8. The van der Waals surface area contributed by atoms with Gasteiger partial charge in [-0.2, -0.15) is 17.5 Å². The van der Waals surface area contributed by atoms with Gasteiger partial charge in [-0.1, -0.05) is 0 Å². The molecule has 3 aromatic heterocycles. The topological polar surface area (TPSA) is 154 Å². The van der Waals surface area contributed by atoms with Gasteiger partial charge in [-0.05, 0) is 18.2 Å². The highest BCUT2D eigenvalue weighted by Crippen LogP contribution is 2.31. The number of halogens is 2. The largest absolute Gasteiger partial charge is 0.417 e. The summed E-state index contributed by atoms with van der Waals surface area (Å²) in [5.74, 6) is -2.61. The highest BCUT2D eigenvalue weighted by molar-refractivity contribution is 7.87. The van der Waals surface area contributed by atoms with Gasteiger partial charge in [0.15, 0.2) is 5.01 Å². The number of aromatic nitrogens is 4. The third kappa shape index (κ3) is 4.20. The van der Waals surface area contributed by atoms with E-state index in [1.165, 1.54) is 18.3 Å². The van der Waals surface area contributed by atoms with Gasteiger partial charge >= 0.3 is 0 Å². The summed E-state index contributed by atoms with van der Waals surface area (Å²) in [5, 5.41) is 11.9. The van der Waals surface area contributed by atoms with E-state index in [1.807, 2.05) is 4.72 Å². The number of carbonyl (C=O) groups excluding carboxylic acids is 1. The zero-order chi connectivity index (χ0) is 21.5. The number of hydrogen-bond donors (Lipinski definition) is 2. The normalized spacial score (nSPS) is 11.8. The first kappa shape index (κ1) is 20.1. The molecule has 154 valence electrons. The summed E-state index contributed by atoms with van der Waals surface area (Å²) in [6.45, 7) is -0.390. The molecule has 0 atom stereocenters. The number of rotatable bonds is 6. The quantitative estimate of drug-likeness (QED) is 0.330. The number of nitrogens with zero attached hydrogens (tertiary/aromatic N) is 4. The van der Waals surface area contributed by atoms with Gasteiger partial charge in [0.1, 0.15) is 5.82 Å². The van der Waals surface area contributed by atoms with Crippen LogP contribution in [0.4, 0.5) is 8.78 Å². The van der Waals surface area contributed by atoms with Gasteiger partial charge in [0.2, 0.25) is 11.8 Å². The number of carbonyl (C=O) groups is 1. The standard InChI is InChI=1S/C16H10F2N6O4S2/c17-9-4-10-11(3-8(9)7-1-2-12(18)20-5-7)29-16(22-10)14(25)15-24-23-13(28-15)6-21-30(19,26)27/h1-5,21H,6H2,(H2,19,26,27). The highest BCUT2D eigenvalue weighted by atomic mass is 32.2. The van der Waals surface area contributed by atoms with Crippen LogP contribution in [0.1, 0.15) is 21.6 Å². The van der Waals surface area contributed by atoms with Crippen LogP contribution in [-0.2, 0) is 16.8 Å². The average Bonchev–Trinajstić information content (AvgIpc) is 3.32. The number of nitrogens with one attached hydrogen (secondary N) is 1. The van der Waals surface area contributed by atoms with Crippen LogP contribution in [0.2, 0.25) is 0 Å². The first-order valence-electron chi connectivity index (χ1n) is 8.06. The molecular formula is C16H10F2N6O4S2. The van der Waals surface area contributed by atoms with E-state index >= 15 is 0 Å². The predicted molar refractivity (Wildman–Crippen MR) is 100 cm³/mol. The molecule has 0 unspecified atom stereocenters. The third-order valence-electron chi connectivity index (χ3n) is 3.80. The molecule has 1 aromatic carbocycles. The molecule has 0 aliphatic carbocycles. The first-order valence-corrected chi connectivity index (χ1v) is 10.4. The van der Waals surface area contributed by atoms with E-state index in [4.69, 9.17) is 9.56 Å². The van der Waals surface area contributed by atoms with Crippen LogP contribution in [-0.4, -0.2) is 34.4 Å². The molecule has 0 radical (unpaired) electrons. The second kappa shape index (κ2) is 7.56. The zero-order valence-corrected chi connectivity index (χ0v) is 16.3. The van der Waals surface area contributed by atoms with Crippen LogP contribution < -0.4 is 9.86 Å². The lowest BCUT2D eigenvalue weighted by atomic mass is 10.1. The maximum atomic E-state index is 14.5. The summed E-state index contributed by atoms with van der Waals surface area (Å²) in [7, 11) is -3.97. The lowest BCUT2D eigenvalue weighted by Gasteiger charge is -2.02. The fourth-order valence-corrected chi connectivity index (χ4v) is 3.72. The maximum Gasteiger partial charge on any atom is 0.291 e. The summed E-state index contributed by atoms with van der Waals surface area (Å²) in [6.07, 6.45) is 1.20. The van der Waals surface area contributed by atoms with E-state index < -0.39 is 33.6 Å². The summed E-state index contributed by atoms with van der Waals surface area (Å²) >= 11 is 0.967. The van der Waals surface area contributed by atoms with Gasteiger partial charge in [0.25, 0.3) is 21.9 Å². The maximum absolute atomic E-state index is 14.5. The van der Waals surface area contributed by atoms with E-state index in [9.17, 15) is 22.0 Å². The molecule has 0 spiro atoms. The summed E-state index contributed by atoms with van der Waals surface area (Å²) in [4.78, 5) is 20.1. The smallest absolute Gasteiger partial charge is 0.291 e. The Kier molecular flexibility index (Phi) is 5.07. The van der Waals surface area contributed by atoms with Crippen LogP contribution >= 0.6 is 11.3 Å². The Hall–Kier alpha value is -3.20. The molecule has 4 aromatic rings. The lowest BCUT2D eigenvalue weighted by molar-refractivity contribution is 0.100. The Morgan fingerprint density at radius 3 is 2.73 bits per heavy atom. The molecule has 0 aliphatic rings. The van der Waals surface area contributed by atoms with Crippen molar-refractivity contribution in [1.29, 1.82) is 0 Å². The molecule has 0 saturated heterocycles. The number of hydrogen-bond acceptors (Lipinski definition) is 9. The van der Waals surface area contributed by atoms with Crippen molar-refractivity contribution in [3.05, 3.63) is 59.0 Å². The average molecular weight is 452 g/mol. The molecular weight excluding hydrogens is 442 g/mol. The fraction of sp³-hybridized carbons (Fsp3) is 0.0625. The van der Waals surface area contributed by atoms with Crippen LogP contribution in [0, 0.1) is 11.8 Å². The minimum Gasteiger partial charge on any atom is -0.417 e. The molecule has 3 heterocycles. The van der Waals surface area contributed by atoms with E-state index in [0.717, 1.165) is 23.5 Å². The number of nitrogens with two attached hydrogens (primary N) is 1. The minimum atomic E-state index is -3.97. The Morgan fingerprint density at radius 1 is 1.23 bits per heavy atom. The Labute approximate surface area is 171 Å². The van der Waals surface area contributed by atoms with Gasteiger partial charge in [0.05, 0.1) is 16.8 Å². The van der Waals surface area contributed by atoms with Crippen molar-refractivity contribution in [3.63, 3.8) is 0 Å². The van der Waals surface area contributed by atoms with Crippen molar-refractivity contribution < 1.29 is 26.4 Å². The summed E-state index contributed by atoms with van der Waals surface area (Å²) in [6, 6.07) is 5.12. The van der Waals surface area contributed by atoms with Crippen molar-refractivity contribution in [2.24, 2.45) is 5.14 Å². The third-order valence-corrected chi connectivity index (χ3v) is 5.36. The molecule has 3 N–H and O–H groups in total. The second-order valence-electron chi connectivity index (χ2n) is 5.88. The second-order valence-corrected chi connectivity index (χ2v) is 8.29. The van der Waals surface area contributed by atoms with E-state index in [1.54, 1.807) is 0 Å². The number of thiazole rings is 1. The molecule has 0 fully saturated rings. The molecule has 0 saturated carbocycles. The molecule has 0 aliphatic heterocycles. The van der Waals surface area contributed by atoms with Crippen LogP contribution in [0.5, 0.6) is 0 Å². The molecule has 0 bridgehead atoms. The van der Waals surface area contributed by atoms with Gasteiger partial charge in [-0.3, -0.25) is 4.79 Å². The number of pyridine rings is 1. The van der Waals surface area contributed by atoms with Gasteiger partial charge in [0, 0.05) is 23.4 Å². The van der Waals surface area contributed by atoms with Crippen molar-refractivity contribution in [1.82, 2.24) is 24.9 Å². The molecule has 30 heavy (non-hydrogen) atoms.